The zero-order valence-corrected chi connectivity index (χ0v) is 16.8. The molecule has 3 rings (SSSR count). The van der Waals surface area contributed by atoms with Crippen LogP contribution in [0.15, 0.2) is 24.3 Å². The number of benzene rings is 1. The molecule has 1 aromatic carbocycles. The van der Waals surface area contributed by atoms with Crippen molar-refractivity contribution in [3.63, 3.8) is 0 Å². The van der Waals surface area contributed by atoms with Crippen molar-refractivity contribution in [3.05, 3.63) is 29.8 Å². The minimum Gasteiger partial charge on any atom is -0.497 e. The van der Waals surface area contributed by atoms with E-state index in [0.717, 1.165) is 61.0 Å². The molecule has 1 fully saturated rings. The van der Waals surface area contributed by atoms with Crippen molar-refractivity contribution in [3.8, 4) is 5.75 Å². The Bertz CT molecular complexity index is 903. The summed E-state index contributed by atoms with van der Waals surface area (Å²) < 4.78 is 30.1. The molecule has 1 amide bonds. The van der Waals surface area contributed by atoms with E-state index in [1.54, 1.807) is 7.11 Å². The van der Waals surface area contributed by atoms with Crippen LogP contribution in [-0.2, 0) is 20.2 Å². The van der Waals surface area contributed by atoms with Crippen molar-refractivity contribution in [2.45, 2.75) is 37.5 Å². The molecular weight excluding hydrogens is 388 g/mol. The predicted molar refractivity (Wildman–Crippen MR) is 105 cm³/mol. The molecule has 0 unspecified atom stereocenters. The number of aromatic nitrogens is 2. The highest BCUT2D eigenvalue weighted by molar-refractivity contribution is 7.92. The third-order valence-corrected chi connectivity index (χ3v) is 6.15. The molecule has 146 valence electrons. The molecule has 27 heavy (non-hydrogen) atoms. The SMILES string of the molecule is COc1ccc(C2(C(=O)Nc3nnc(NS(C)(=O)=O)s3)CCCCC2)cc1. The van der Waals surface area contributed by atoms with Gasteiger partial charge < -0.3 is 4.74 Å². The van der Waals surface area contributed by atoms with Crippen molar-refractivity contribution in [1.82, 2.24) is 10.2 Å². The zero-order valence-electron chi connectivity index (χ0n) is 15.2. The maximum atomic E-state index is 13.2. The van der Waals surface area contributed by atoms with Crippen molar-refractivity contribution in [1.29, 1.82) is 0 Å². The minimum absolute atomic E-state index is 0.120. The summed E-state index contributed by atoms with van der Waals surface area (Å²) in [5.74, 6) is 0.597. The second kappa shape index (κ2) is 7.81. The first-order valence-electron chi connectivity index (χ1n) is 8.60. The van der Waals surface area contributed by atoms with E-state index < -0.39 is 15.4 Å². The van der Waals surface area contributed by atoms with Crippen LogP contribution in [0.2, 0.25) is 0 Å². The highest BCUT2D eigenvalue weighted by Gasteiger charge is 2.41. The van der Waals surface area contributed by atoms with Crippen LogP contribution in [0.4, 0.5) is 10.3 Å². The smallest absolute Gasteiger partial charge is 0.236 e. The van der Waals surface area contributed by atoms with E-state index in [1.807, 2.05) is 24.3 Å². The van der Waals surface area contributed by atoms with Crippen LogP contribution in [0.3, 0.4) is 0 Å². The second-order valence-corrected chi connectivity index (χ2v) is 9.34. The molecule has 2 aromatic rings. The van der Waals surface area contributed by atoms with Gasteiger partial charge in [-0.25, -0.2) is 8.42 Å². The highest BCUT2D eigenvalue weighted by atomic mass is 32.2. The monoisotopic (exact) mass is 410 g/mol. The summed E-state index contributed by atoms with van der Waals surface area (Å²) in [6.07, 6.45) is 5.57. The normalized spacial score (nSPS) is 16.5. The van der Waals surface area contributed by atoms with E-state index >= 15 is 0 Å². The first-order chi connectivity index (χ1) is 12.8. The Morgan fingerprint density at radius 2 is 1.74 bits per heavy atom. The molecule has 10 heteroatoms. The molecule has 1 heterocycles. The van der Waals surface area contributed by atoms with Gasteiger partial charge in [0.2, 0.25) is 26.2 Å². The number of hydrogen-bond acceptors (Lipinski definition) is 7. The molecule has 0 bridgehead atoms. The summed E-state index contributed by atoms with van der Waals surface area (Å²) in [5, 5.41) is 10.9. The van der Waals surface area contributed by atoms with Crippen molar-refractivity contribution < 1.29 is 17.9 Å². The van der Waals surface area contributed by atoms with Crippen molar-refractivity contribution in [2.75, 3.05) is 23.4 Å². The van der Waals surface area contributed by atoms with Crippen LogP contribution < -0.4 is 14.8 Å². The molecule has 1 saturated carbocycles. The topological polar surface area (TPSA) is 110 Å². The number of ether oxygens (including phenoxy) is 1. The predicted octanol–water partition coefficient (Wildman–Crippen LogP) is 2.76. The minimum atomic E-state index is -3.44. The van der Waals surface area contributed by atoms with Gasteiger partial charge in [-0.05, 0) is 30.5 Å². The number of nitrogens with zero attached hydrogens (tertiary/aromatic N) is 2. The molecule has 0 atom stereocenters. The zero-order chi connectivity index (χ0) is 19.5. The Morgan fingerprint density at radius 3 is 2.33 bits per heavy atom. The van der Waals surface area contributed by atoms with Gasteiger partial charge in [-0.2, -0.15) is 0 Å². The lowest BCUT2D eigenvalue weighted by molar-refractivity contribution is -0.122. The number of hydrogen-bond donors (Lipinski definition) is 2. The summed E-state index contributed by atoms with van der Waals surface area (Å²) in [5.41, 5.74) is 0.306. The van der Waals surface area contributed by atoms with E-state index in [4.69, 9.17) is 4.74 Å². The van der Waals surface area contributed by atoms with Gasteiger partial charge in [0.25, 0.3) is 0 Å². The fourth-order valence-corrected chi connectivity index (χ4v) is 4.87. The quantitative estimate of drug-likeness (QED) is 0.758. The fraction of sp³-hybridized carbons (Fsp3) is 0.471. The van der Waals surface area contributed by atoms with Gasteiger partial charge in [0.1, 0.15) is 5.75 Å². The van der Waals surface area contributed by atoms with Crippen LogP contribution in [0.1, 0.15) is 37.7 Å². The van der Waals surface area contributed by atoms with E-state index in [0.29, 0.717) is 0 Å². The Morgan fingerprint density at radius 1 is 1.11 bits per heavy atom. The number of amides is 1. The average molecular weight is 411 g/mol. The van der Waals surface area contributed by atoms with Crippen LogP contribution in [0, 0.1) is 0 Å². The number of rotatable bonds is 6. The Balaban J connectivity index is 1.83. The van der Waals surface area contributed by atoms with Crippen LogP contribution in [-0.4, -0.2) is 37.9 Å². The largest absolute Gasteiger partial charge is 0.497 e. The number of carbonyl (C=O) groups is 1. The number of methoxy groups -OCH3 is 1. The van der Waals surface area contributed by atoms with Crippen molar-refractivity contribution in [2.24, 2.45) is 0 Å². The molecule has 0 radical (unpaired) electrons. The Hall–Kier alpha value is -2.20. The fourth-order valence-electron chi connectivity index (χ4n) is 3.40. The number of carbonyl (C=O) groups excluding carboxylic acids is 1. The summed E-state index contributed by atoms with van der Waals surface area (Å²) >= 11 is 0.988. The summed E-state index contributed by atoms with van der Waals surface area (Å²) in [4.78, 5) is 13.2. The van der Waals surface area contributed by atoms with Gasteiger partial charge >= 0.3 is 0 Å². The number of anilines is 2. The first kappa shape index (κ1) is 19.6. The summed E-state index contributed by atoms with van der Waals surface area (Å²) in [7, 11) is -1.83. The molecule has 8 nitrogen and oxygen atoms in total. The average Bonchev–Trinajstić information content (AvgIpc) is 3.07. The molecule has 0 spiro atoms. The first-order valence-corrected chi connectivity index (χ1v) is 11.3. The molecule has 1 aliphatic rings. The third-order valence-electron chi connectivity index (χ3n) is 4.70. The van der Waals surface area contributed by atoms with E-state index in [2.05, 4.69) is 20.2 Å². The van der Waals surface area contributed by atoms with Crippen molar-refractivity contribution >= 4 is 37.5 Å². The lowest BCUT2D eigenvalue weighted by Gasteiger charge is -2.36. The van der Waals surface area contributed by atoms with Crippen LogP contribution in [0.5, 0.6) is 5.75 Å². The summed E-state index contributed by atoms with van der Waals surface area (Å²) in [6.45, 7) is 0. The highest BCUT2D eigenvalue weighted by Crippen LogP contribution is 2.41. The van der Waals surface area contributed by atoms with Gasteiger partial charge in [0.05, 0.1) is 18.8 Å². The van der Waals surface area contributed by atoms with Gasteiger partial charge in [0.15, 0.2) is 0 Å². The molecule has 0 aliphatic heterocycles. The van der Waals surface area contributed by atoms with Gasteiger partial charge in [0, 0.05) is 0 Å². The maximum Gasteiger partial charge on any atom is 0.236 e. The maximum absolute atomic E-state index is 13.2. The lowest BCUT2D eigenvalue weighted by atomic mass is 9.68. The molecule has 0 saturated heterocycles. The van der Waals surface area contributed by atoms with E-state index in [1.165, 1.54) is 0 Å². The molecule has 2 N–H and O–H groups in total. The van der Waals surface area contributed by atoms with E-state index in [-0.39, 0.29) is 16.2 Å². The van der Waals surface area contributed by atoms with Gasteiger partial charge in [-0.15, -0.1) is 10.2 Å². The number of nitrogens with one attached hydrogen (secondary N) is 2. The molecule has 1 aromatic heterocycles. The van der Waals surface area contributed by atoms with Gasteiger partial charge in [-0.1, -0.05) is 42.7 Å². The standard InChI is InChI=1S/C17H22N4O4S2/c1-25-13-8-6-12(7-9-13)17(10-4-3-5-11-17)14(22)18-15-19-20-16(26-15)21-27(2,23)24/h6-9H,3-5,10-11H2,1-2H3,(H,20,21)(H,18,19,22). The lowest BCUT2D eigenvalue weighted by Crippen LogP contribution is -2.42. The van der Waals surface area contributed by atoms with Crippen LogP contribution >= 0.6 is 11.3 Å². The Kier molecular flexibility index (Phi) is 5.66. The number of sulfonamides is 1. The molecule has 1 aliphatic carbocycles. The van der Waals surface area contributed by atoms with Gasteiger partial charge in [-0.3, -0.25) is 14.8 Å². The Labute approximate surface area is 162 Å². The summed E-state index contributed by atoms with van der Waals surface area (Å²) in [6, 6.07) is 7.58. The van der Waals surface area contributed by atoms with Crippen LogP contribution in [0.25, 0.3) is 0 Å². The third kappa shape index (κ3) is 4.56. The van der Waals surface area contributed by atoms with E-state index in [9.17, 15) is 13.2 Å². The molecular formula is C17H22N4O4S2. The second-order valence-electron chi connectivity index (χ2n) is 6.61.